The smallest absolute Gasteiger partial charge is 0.241 e. The highest BCUT2D eigenvalue weighted by atomic mass is 32.2. The number of hydrogen-bond acceptors (Lipinski definition) is 4. The number of fused-ring (bicyclic) bond motifs is 1. The number of hydrogen-bond donors (Lipinski definition) is 1. The Hall–Kier alpha value is -2.57. The Balaban J connectivity index is 1.88. The Morgan fingerprint density at radius 1 is 0.846 bits per heavy atom. The molecular formula is C20H21NO4S. The highest BCUT2D eigenvalue weighted by Gasteiger charge is 2.19. The summed E-state index contributed by atoms with van der Waals surface area (Å²) >= 11 is 0. The van der Waals surface area contributed by atoms with E-state index in [-0.39, 0.29) is 4.90 Å². The van der Waals surface area contributed by atoms with Crippen LogP contribution in [0.4, 0.5) is 0 Å². The topological polar surface area (TPSA) is 64.6 Å². The van der Waals surface area contributed by atoms with Crippen LogP contribution < -0.4 is 14.2 Å². The molecule has 6 heteroatoms. The first kappa shape index (κ1) is 18.2. The zero-order chi connectivity index (χ0) is 18.7. The number of ether oxygens (including phenoxy) is 2. The molecule has 136 valence electrons. The van der Waals surface area contributed by atoms with Gasteiger partial charge in [0.15, 0.2) is 11.5 Å². The number of benzene rings is 3. The van der Waals surface area contributed by atoms with Crippen molar-refractivity contribution in [2.24, 2.45) is 0 Å². The summed E-state index contributed by atoms with van der Waals surface area (Å²) in [6, 6.07) is 17.7. The van der Waals surface area contributed by atoms with Gasteiger partial charge in [-0.05, 0) is 47.5 Å². The van der Waals surface area contributed by atoms with E-state index in [1.807, 2.05) is 36.4 Å². The van der Waals surface area contributed by atoms with Crippen molar-refractivity contribution in [2.45, 2.75) is 17.9 Å². The third kappa shape index (κ3) is 3.66. The van der Waals surface area contributed by atoms with Crippen LogP contribution in [0.15, 0.2) is 65.6 Å². The first-order valence-corrected chi connectivity index (χ1v) is 9.66. The SMILES string of the molecule is COc1ccc([C@@H](C)NS(=O)(=O)c2ccc3ccccc3c2)cc1OC. The fourth-order valence-corrected chi connectivity index (χ4v) is 4.09. The summed E-state index contributed by atoms with van der Waals surface area (Å²) in [6.45, 7) is 1.79. The van der Waals surface area contributed by atoms with Gasteiger partial charge in [0.05, 0.1) is 19.1 Å². The lowest BCUT2D eigenvalue weighted by atomic mass is 10.1. The number of nitrogens with one attached hydrogen (secondary N) is 1. The molecule has 3 rings (SSSR count). The van der Waals surface area contributed by atoms with Crippen LogP contribution >= 0.6 is 0 Å². The first-order chi connectivity index (χ1) is 12.4. The maximum absolute atomic E-state index is 12.8. The normalized spacial score (nSPS) is 12.7. The fourth-order valence-electron chi connectivity index (χ4n) is 2.83. The number of sulfonamides is 1. The molecule has 3 aromatic carbocycles. The van der Waals surface area contributed by atoms with Gasteiger partial charge in [-0.2, -0.15) is 0 Å². The average molecular weight is 371 g/mol. The summed E-state index contributed by atoms with van der Waals surface area (Å²) in [5.74, 6) is 1.16. The summed E-state index contributed by atoms with van der Waals surface area (Å²) in [5.41, 5.74) is 0.784. The van der Waals surface area contributed by atoms with Crippen molar-refractivity contribution in [3.05, 3.63) is 66.2 Å². The average Bonchev–Trinajstić information content (AvgIpc) is 2.66. The number of methoxy groups -OCH3 is 2. The van der Waals surface area contributed by atoms with Crippen molar-refractivity contribution >= 4 is 20.8 Å². The first-order valence-electron chi connectivity index (χ1n) is 8.17. The van der Waals surface area contributed by atoms with Crippen LogP contribution in [0.3, 0.4) is 0 Å². The van der Waals surface area contributed by atoms with E-state index in [4.69, 9.17) is 9.47 Å². The van der Waals surface area contributed by atoms with Gasteiger partial charge in [-0.3, -0.25) is 0 Å². The Kier molecular flexibility index (Phi) is 5.15. The van der Waals surface area contributed by atoms with Crippen molar-refractivity contribution in [2.75, 3.05) is 14.2 Å². The van der Waals surface area contributed by atoms with E-state index in [1.54, 1.807) is 45.4 Å². The molecular weight excluding hydrogens is 350 g/mol. The Morgan fingerprint density at radius 3 is 2.23 bits per heavy atom. The third-order valence-electron chi connectivity index (χ3n) is 4.27. The van der Waals surface area contributed by atoms with E-state index in [0.717, 1.165) is 16.3 Å². The van der Waals surface area contributed by atoms with Crippen LogP contribution in [0.1, 0.15) is 18.5 Å². The molecule has 5 nitrogen and oxygen atoms in total. The summed E-state index contributed by atoms with van der Waals surface area (Å²) in [6.07, 6.45) is 0. The molecule has 1 N–H and O–H groups in total. The van der Waals surface area contributed by atoms with Gasteiger partial charge < -0.3 is 9.47 Å². The minimum absolute atomic E-state index is 0.239. The molecule has 0 bridgehead atoms. The molecule has 0 amide bonds. The zero-order valence-electron chi connectivity index (χ0n) is 14.9. The fraction of sp³-hybridized carbons (Fsp3) is 0.200. The van der Waals surface area contributed by atoms with Gasteiger partial charge >= 0.3 is 0 Å². The maximum atomic E-state index is 12.8. The lowest BCUT2D eigenvalue weighted by Crippen LogP contribution is -2.26. The van der Waals surface area contributed by atoms with Gasteiger partial charge in [0.2, 0.25) is 10.0 Å². The van der Waals surface area contributed by atoms with E-state index < -0.39 is 16.1 Å². The van der Waals surface area contributed by atoms with Crippen LogP contribution in [0, 0.1) is 0 Å². The van der Waals surface area contributed by atoms with Crippen molar-refractivity contribution < 1.29 is 17.9 Å². The van der Waals surface area contributed by atoms with Crippen molar-refractivity contribution in [3.63, 3.8) is 0 Å². The van der Waals surface area contributed by atoms with Gasteiger partial charge in [0, 0.05) is 6.04 Å². The summed E-state index contributed by atoms with van der Waals surface area (Å²) in [5, 5.41) is 1.88. The van der Waals surface area contributed by atoms with Crippen molar-refractivity contribution in [3.8, 4) is 11.5 Å². The van der Waals surface area contributed by atoms with Gasteiger partial charge in [-0.15, -0.1) is 0 Å². The minimum Gasteiger partial charge on any atom is -0.493 e. The lowest BCUT2D eigenvalue weighted by Gasteiger charge is -2.17. The Bertz CT molecular complexity index is 1030. The van der Waals surface area contributed by atoms with E-state index in [2.05, 4.69) is 4.72 Å². The van der Waals surface area contributed by atoms with E-state index in [9.17, 15) is 8.42 Å². The van der Waals surface area contributed by atoms with Crippen molar-refractivity contribution in [1.82, 2.24) is 4.72 Å². The van der Waals surface area contributed by atoms with Crippen LogP contribution in [0.5, 0.6) is 11.5 Å². The standard InChI is InChI=1S/C20H21NO4S/c1-14(16-9-11-19(24-2)20(13-16)25-3)21-26(22,23)18-10-8-15-6-4-5-7-17(15)12-18/h4-14,21H,1-3H3/t14-/m1/s1. The molecule has 0 aliphatic heterocycles. The van der Waals surface area contributed by atoms with Crippen LogP contribution in [-0.2, 0) is 10.0 Å². The van der Waals surface area contributed by atoms with Crippen LogP contribution in [0.2, 0.25) is 0 Å². The predicted octanol–water partition coefficient (Wildman–Crippen LogP) is 3.90. The molecule has 0 aliphatic rings. The van der Waals surface area contributed by atoms with Gasteiger partial charge in [-0.25, -0.2) is 13.1 Å². The van der Waals surface area contributed by atoms with E-state index in [0.29, 0.717) is 11.5 Å². The molecule has 0 fully saturated rings. The molecule has 0 aromatic heterocycles. The zero-order valence-corrected chi connectivity index (χ0v) is 15.7. The molecule has 0 unspecified atom stereocenters. The minimum atomic E-state index is -3.66. The molecule has 26 heavy (non-hydrogen) atoms. The Labute approximate surface area is 153 Å². The predicted molar refractivity (Wildman–Crippen MR) is 102 cm³/mol. The van der Waals surface area contributed by atoms with Gasteiger partial charge in [-0.1, -0.05) is 36.4 Å². The molecule has 1 atom stereocenters. The van der Waals surface area contributed by atoms with Crippen molar-refractivity contribution in [1.29, 1.82) is 0 Å². The molecule has 0 saturated carbocycles. The second-order valence-corrected chi connectivity index (χ2v) is 7.68. The largest absolute Gasteiger partial charge is 0.493 e. The number of rotatable bonds is 6. The quantitative estimate of drug-likeness (QED) is 0.714. The second-order valence-electron chi connectivity index (χ2n) is 5.97. The Morgan fingerprint density at radius 2 is 1.54 bits per heavy atom. The second kappa shape index (κ2) is 7.35. The van der Waals surface area contributed by atoms with E-state index >= 15 is 0 Å². The molecule has 0 spiro atoms. The lowest BCUT2D eigenvalue weighted by molar-refractivity contribution is 0.354. The summed E-state index contributed by atoms with van der Waals surface area (Å²) < 4.78 is 38.8. The van der Waals surface area contributed by atoms with Gasteiger partial charge in [0.25, 0.3) is 0 Å². The maximum Gasteiger partial charge on any atom is 0.241 e. The third-order valence-corrected chi connectivity index (χ3v) is 5.81. The summed E-state index contributed by atoms with van der Waals surface area (Å²) in [4.78, 5) is 0.239. The van der Waals surface area contributed by atoms with Crippen LogP contribution in [-0.4, -0.2) is 22.6 Å². The molecule has 0 heterocycles. The monoisotopic (exact) mass is 371 g/mol. The van der Waals surface area contributed by atoms with Gasteiger partial charge in [0.1, 0.15) is 0 Å². The molecule has 0 radical (unpaired) electrons. The van der Waals surface area contributed by atoms with E-state index in [1.165, 1.54) is 0 Å². The summed E-state index contributed by atoms with van der Waals surface area (Å²) in [7, 11) is -0.550. The highest BCUT2D eigenvalue weighted by Crippen LogP contribution is 2.30. The molecule has 3 aromatic rings. The van der Waals surface area contributed by atoms with Crippen LogP contribution in [0.25, 0.3) is 10.8 Å². The molecule has 0 aliphatic carbocycles. The highest BCUT2D eigenvalue weighted by molar-refractivity contribution is 7.89. The molecule has 0 saturated heterocycles.